The Labute approximate surface area is 78.2 Å². The van der Waals surface area contributed by atoms with Crippen LogP contribution in [0.25, 0.3) is 0 Å². The van der Waals surface area contributed by atoms with Crippen LogP contribution in [0, 0.1) is 5.92 Å². The lowest BCUT2D eigenvalue weighted by Crippen LogP contribution is -2.33. The van der Waals surface area contributed by atoms with Crippen molar-refractivity contribution >= 4 is 6.29 Å². The molecule has 2 nitrogen and oxygen atoms in total. The van der Waals surface area contributed by atoms with Gasteiger partial charge >= 0.3 is 0 Å². The summed E-state index contributed by atoms with van der Waals surface area (Å²) in [6, 6.07) is 9.00. The fourth-order valence-corrected chi connectivity index (χ4v) is 1.24. The van der Waals surface area contributed by atoms with Crippen molar-refractivity contribution in [2.75, 3.05) is 0 Å². The van der Waals surface area contributed by atoms with Crippen molar-refractivity contribution in [2.24, 2.45) is 5.92 Å². The third-order valence-electron chi connectivity index (χ3n) is 2.30. The summed E-state index contributed by atoms with van der Waals surface area (Å²) in [5, 5.41) is 10.0. The van der Waals surface area contributed by atoms with Crippen LogP contribution in [-0.4, -0.2) is 11.4 Å². The van der Waals surface area contributed by atoms with Crippen LogP contribution in [0.3, 0.4) is 0 Å². The zero-order valence-corrected chi connectivity index (χ0v) is 7.90. The monoisotopic (exact) mass is 178 g/mol. The predicted octanol–water partition coefficient (Wildman–Crippen LogP) is 1.73. The van der Waals surface area contributed by atoms with E-state index in [9.17, 15) is 9.90 Å². The highest BCUT2D eigenvalue weighted by Crippen LogP contribution is 2.26. The Balaban J connectivity index is 3.10. The maximum atomic E-state index is 10.8. The quantitative estimate of drug-likeness (QED) is 0.716. The number of aliphatic hydroxyl groups is 1. The summed E-state index contributed by atoms with van der Waals surface area (Å²) in [6.45, 7) is 3.64. The smallest absolute Gasteiger partial charge is 0.156 e. The van der Waals surface area contributed by atoms with Gasteiger partial charge in [-0.25, -0.2) is 0 Å². The van der Waals surface area contributed by atoms with Gasteiger partial charge in [-0.3, -0.25) is 4.79 Å². The van der Waals surface area contributed by atoms with Crippen molar-refractivity contribution in [2.45, 2.75) is 19.4 Å². The second-order valence-electron chi connectivity index (χ2n) is 3.46. The van der Waals surface area contributed by atoms with E-state index in [2.05, 4.69) is 0 Å². The van der Waals surface area contributed by atoms with Crippen LogP contribution in [0.4, 0.5) is 0 Å². The SMILES string of the molecule is CC(C)C(O)(C=O)c1ccccc1. The molecule has 0 aliphatic rings. The molecule has 1 aromatic carbocycles. The van der Waals surface area contributed by atoms with E-state index in [1.807, 2.05) is 32.0 Å². The molecule has 0 aliphatic heterocycles. The third kappa shape index (κ3) is 1.78. The van der Waals surface area contributed by atoms with Crippen LogP contribution in [0.15, 0.2) is 30.3 Å². The molecule has 1 aromatic rings. The minimum absolute atomic E-state index is 0.118. The van der Waals surface area contributed by atoms with Crippen molar-refractivity contribution in [3.63, 3.8) is 0 Å². The van der Waals surface area contributed by atoms with Crippen LogP contribution in [0.2, 0.25) is 0 Å². The van der Waals surface area contributed by atoms with Crippen molar-refractivity contribution in [1.82, 2.24) is 0 Å². The van der Waals surface area contributed by atoms with E-state index in [4.69, 9.17) is 0 Å². The average Bonchev–Trinajstić information content (AvgIpc) is 2.17. The molecule has 0 amide bonds. The number of carbonyl (C=O) groups is 1. The second-order valence-corrected chi connectivity index (χ2v) is 3.46. The van der Waals surface area contributed by atoms with Gasteiger partial charge in [-0.2, -0.15) is 0 Å². The van der Waals surface area contributed by atoms with Gasteiger partial charge in [0.2, 0.25) is 0 Å². The van der Waals surface area contributed by atoms with Crippen LogP contribution in [0.1, 0.15) is 19.4 Å². The molecule has 0 spiro atoms. The van der Waals surface area contributed by atoms with Crippen LogP contribution < -0.4 is 0 Å². The average molecular weight is 178 g/mol. The van der Waals surface area contributed by atoms with Gasteiger partial charge in [0.25, 0.3) is 0 Å². The van der Waals surface area contributed by atoms with Crippen LogP contribution >= 0.6 is 0 Å². The molecule has 1 N–H and O–H groups in total. The van der Waals surface area contributed by atoms with E-state index in [1.54, 1.807) is 12.1 Å². The molecule has 0 saturated heterocycles. The molecular formula is C11H14O2. The molecule has 0 saturated carbocycles. The number of hydrogen-bond donors (Lipinski definition) is 1. The molecule has 1 rings (SSSR count). The van der Waals surface area contributed by atoms with E-state index in [1.165, 1.54) is 0 Å². The first-order chi connectivity index (χ1) is 6.11. The van der Waals surface area contributed by atoms with Crippen molar-refractivity contribution in [1.29, 1.82) is 0 Å². The topological polar surface area (TPSA) is 37.3 Å². The molecule has 0 radical (unpaired) electrons. The fourth-order valence-electron chi connectivity index (χ4n) is 1.24. The van der Waals surface area contributed by atoms with Gasteiger partial charge in [0.15, 0.2) is 6.29 Å². The standard InChI is InChI=1S/C11H14O2/c1-9(2)11(13,8-12)10-6-4-3-5-7-10/h3-9,13H,1-2H3. The minimum atomic E-state index is -1.35. The highest BCUT2D eigenvalue weighted by atomic mass is 16.3. The summed E-state index contributed by atoms with van der Waals surface area (Å²) in [6.07, 6.45) is 0.604. The Hall–Kier alpha value is -1.15. The summed E-state index contributed by atoms with van der Waals surface area (Å²) in [7, 11) is 0. The zero-order valence-electron chi connectivity index (χ0n) is 7.90. The van der Waals surface area contributed by atoms with Gasteiger partial charge in [-0.15, -0.1) is 0 Å². The van der Waals surface area contributed by atoms with E-state index >= 15 is 0 Å². The molecule has 0 aromatic heterocycles. The van der Waals surface area contributed by atoms with Gasteiger partial charge in [0.1, 0.15) is 5.60 Å². The fraction of sp³-hybridized carbons (Fsp3) is 0.364. The highest BCUT2D eigenvalue weighted by molar-refractivity contribution is 5.66. The first kappa shape index (κ1) is 9.93. The summed E-state index contributed by atoms with van der Waals surface area (Å²) in [5.41, 5.74) is -0.693. The molecular weight excluding hydrogens is 164 g/mol. The van der Waals surface area contributed by atoms with Gasteiger partial charge in [0.05, 0.1) is 0 Å². The molecule has 0 aliphatic carbocycles. The molecule has 70 valence electrons. The maximum Gasteiger partial charge on any atom is 0.156 e. The molecule has 13 heavy (non-hydrogen) atoms. The molecule has 1 unspecified atom stereocenters. The van der Waals surface area contributed by atoms with E-state index < -0.39 is 5.60 Å². The van der Waals surface area contributed by atoms with Crippen molar-refractivity contribution in [3.05, 3.63) is 35.9 Å². The van der Waals surface area contributed by atoms with Gasteiger partial charge in [-0.05, 0) is 11.5 Å². The lowest BCUT2D eigenvalue weighted by atomic mass is 9.85. The molecule has 0 heterocycles. The van der Waals surface area contributed by atoms with Gasteiger partial charge in [0, 0.05) is 0 Å². The maximum absolute atomic E-state index is 10.8. The Bertz CT molecular complexity index is 279. The Morgan fingerprint density at radius 3 is 2.23 bits per heavy atom. The Kier molecular flexibility index (Phi) is 2.83. The first-order valence-electron chi connectivity index (χ1n) is 4.35. The number of benzene rings is 1. The summed E-state index contributed by atoms with van der Waals surface area (Å²) < 4.78 is 0. The van der Waals surface area contributed by atoms with E-state index in [0.29, 0.717) is 11.8 Å². The molecule has 0 bridgehead atoms. The van der Waals surface area contributed by atoms with Gasteiger partial charge in [-0.1, -0.05) is 44.2 Å². The highest BCUT2D eigenvalue weighted by Gasteiger charge is 2.32. The predicted molar refractivity (Wildman–Crippen MR) is 51.2 cm³/mol. The number of hydrogen-bond acceptors (Lipinski definition) is 2. The summed E-state index contributed by atoms with van der Waals surface area (Å²) in [5.74, 6) is -0.118. The summed E-state index contributed by atoms with van der Waals surface area (Å²) >= 11 is 0. The van der Waals surface area contributed by atoms with E-state index in [-0.39, 0.29) is 5.92 Å². The molecule has 1 atom stereocenters. The first-order valence-corrected chi connectivity index (χ1v) is 4.35. The number of rotatable bonds is 3. The van der Waals surface area contributed by atoms with Gasteiger partial charge < -0.3 is 5.11 Å². The minimum Gasteiger partial charge on any atom is -0.377 e. The normalized spacial score (nSPS) is 15.4. The molecule has 0 fully saturated rings. The third-order valence-corrected chi connectivity index (χ3v) is 2.30. The Morgan fingerprint density at radius 2 is 1.85 bits per heavy atom. The largest absolute Gasteiger partial charge is 0.377 e. The Morgan fingerprint density at radius 1 is 1.31 bits per heavy atom. The number of aldehydes is 1. The summed E-state index contributed by atoms with van der Waals surface area (Å²) in [4.78, 5) is 10.8. The lowest BCUT2D eigenvalue weighted by molar-refractivity contribution is -0.129. The number of carbonyl (C=O) groups excluding carboxylic acids is 1. The van der Waals surface area contributed by atoms with E-state index in [0.717, 1.165) is 0 Å². The molecule has 2 heteroatoms. The van der Waals surface area contributed by atoms with Crippen molar-refractivity contribution < 1.29 is 9.90 Å². The lowest BCUT2D eigenvalue weighted by Gasteiger charge is -2.26. The zero-order chi connectivity index (χ0) is 9.90. The second kappa shape index (κ2) is 3.71. The van der Waals surface area contributed by atoms with Crippen LogP contribution in [-0.2, 0) is 10.4 Å². The van der Waals surface area contributed by atoms with Crippen molar-refractivity contribution in [3.8, 4) is 0 Å². The van der Waals surface area contributed by atoms with Crippen LogP contribution in [0.5, 0.6) is 0 Å².